The highest BCUT2D eigenvalue weighted by atomic mass is 16.7. The quantitative estimate of drug-likeness (QED) is 0.243. The van der Waals surface area contributed by atoms with Crippen molar-refractivity contribution in [2.24, 2.45) is 11.5 Å². The van der Waals surface area contributed by atoms with Gasteiger partial charge in [0.05, 0.1) is 38.1 Å². The highest BCUT2D eigenvalue weighted by Crippen LogP contribution is 2.26. The van der Waals surface area contributed by atoms with Crippen molar-refractivity contribution in [3.8, 4) is 0 Å². The van der Waals surface area contributed by atoms with Crippen LogP contribution in [0.3, 0.4) is 0 Å². The molecule has 0 aromatic rings. The summed E-state index contributed by atoms with van der Waals surface area (Å²) in [7, 11) is 1.43. The molecule has 2 aliphatic rings. The van der Waals surface area contributed by atoms with Crippen molar-refractivity contribution in [3.05, 3.63) is 0 Å². The average molecular weight is 382 g/mol. The van der Waals surface area contributed by atoms with E-state index in [0.717, 1.165) is 0 Å². The van der Waals surface area contributed by atoms with Crippen LogP contribution in [-0.4, -0.2) is 114 Å². The summed E-state index contributed by atoms with van der Waals surface area (Å²) in [5.74, 6) is 0. The Bertz CT molecular complexity index is 432. The Kier molecular flexibility index (Phi) is 8.12. The molecule has 2 saturated heterocycles. The predicted octanol–water partition coefficient (Wildman–Crippen LogP) is -4.38. The highest BCUT2D eigenvalue weighted by Gasteiger charge is 2.44. The molecule has 2 fully saturated rings. The lowest BCUT2D eigenvalue weighted by atomic mass is 9.99. The smallest absolute Gasteiger partial charge is 0.160 e. The maximum Gasteiger partial charge on any atom is 0.160 e. The molecule has 0 bridgehead atoms. The highest BCUT2D eigenvalue weighted by molar-refractivity contribution is 4.94. The van der Waals surface area contributed by atoms with Gasteiger partial charge in [0.2, 0.25) is 0 Å². The van der Waals surface area contributed by atoms with Gasteiger partial charge in [-0.3, -0.25) is 0 Å². The SMILES string of the molecule is COC1COC(CO)C(OC2CC(N)C(O)C(O)C(CO)O2)C(O)C1N. The van der Waals surface area contributed by atoms with Gasteiger partial charge in [-0.25, -0.2) is 0 Å². The van der Waals surface area contributed by atoms with Crippen LogP contribution < -0.4 is 11.5 Å². The Labute approximate surface area is 151 Å². The zero-order chi connectivity index (χ0) is 19.4. The van der Waals surface area contributed by atoms with E-state index in [1.54, 1.807) is 0 Å². The second kappa shape index (κ2) is 9.66. The van der Waals surface area contributed by atoms with E-state index in [4.69, 9.17) is 30.4 Å². The molecular weight excluding hydrogens is 352 g/mol. The van der Waals surface area contributed by atoms with Crippen LogP contribution in [0, 0.1) is 0 Å². The van der Waals surface area contributed by atoms with Crippen molar-refractivity contribution in [1.82, 2.24) is 0 Å². The Morgan fingerprint density at radius 3 is 2.23 bits per heavy atom. The molecule has 9 N–H and O–H groups in total. The molecule has 0 spiro atoms. The van der Waals surface area contributed by atoms with Crippen molar-refractivity contribution in [2.75, 3.05) is 26.9 Å². The molecule has 0 amide bonds. The van der Waals surface area contributed by atoms with Crippen LogP contribution in [0.1, 0.15) is 6.42 Å². The molecule has 0 saturated carbocycles. The maximum absolute atomic E-state index is 10.6. The standard InChI is InChI=1S/C15H30N2O9/c1-23-9-5-24-8(4-19)15(14(22)11(9)17)26-10-2-6(16)12(20)13(21)7(3-18)25-10/h6-15,18-22H,2-5,16-17H2,1H3. The van der Waals surface area contributed by atoms with Gasteiger partial charge in [0, 0.05) is 19.6 Å². The molecule has 2 aliphatic heterocycles. The Morgan fingerprint density at radius 2 is 1.65 bits per heavy atom. The average Bonchev–Trinajstić information content (AvgIpc) is 2.81. The van der Waals surface area contributed by atoms with E-state index in [1.807, 2.05) is 0 Å². The van der Waals surface area contributed by atoms with E-state index in [-0.39, 0.29) is 13.0 Å². The molecule has 0 aromatic heterocycles. The van der Waals surface area contributed by atoms with Crippen LogP contribution in [0.25, 0.3) is 0 Å². The van der Waals surface area contributed by atoms with E-state index in [9.17, 15) is 25.5 Å². The fraction of sp³-hybridized carbons (Fsp3) is 1.00. The molecule has 10 atom stereocenters. The Hall–Kier alpha value is -0.440. The lowest BCUT2D eigenvalue weighted by Gasteiger charge is -2.33. The number of methoxy groups -OCH3 is 1. The number of nitrogens with two attached hydrogens (primary N) is 2. The minimum Gasteiger partial charge on any atom is -0.394 e. The monoisotopic (exact) mass is 382 g/mol. The van der Waals surface area contributed by atoms with Crippen molar-refractivity contribution in [1.29, 1.82) is 0 Å². The zero-order valence-electron chi connectivity index (χ0n) is 14.6. The first-order valence-corrected chi connectivity index (χ1v) is 8.56. The van der Waals surface area contributed by atoms with Crippen LogP contribution in [0.2, 0.25) is 0 Å². The summed E-state index contributed by atoms with van der Waals surface area (Å²) in [6.07, 6.45) is -8.74. The van der Waals surface area contributed by atoms with Gasteiger partial charge in [0.1, 0.15) is 30.5 Å². The summed E-state index contributed by atoms with van der Waals surface area (Å²) >= 11 is 0. The molecule has 0 aromatic carbocycles. The first-order valence-electron chi connectivity index (χ1n) is 8.56. The van der Waals surface area contributed by atoms with Gasteiger partial charge in [-0.05, 0) is 0 Å². The van der Waals surface area contributed by atoms with Gasteiger partial charge in [0.15, 0.2) is 6.29 Å². The predicted molar refractivity (Wildman–Crippen MR) is 86.8 cm³/mol. The van der Waals surface area contributed by atoms with Crippen LogP contribution in [-0.2, 0) is 18.9 Å². The third-order valence-electron chi connectivity index (χ3n) is 4.93. The summed E-state index contributed by atoms with van der Waals surface area (Å²) in [5, 5.41) is 49.5. The molecule has 11 nitrogen and oxygen atoms in total. The van der Waals surface area contributed by atoms with E-state index < -0.39 is 74.3 Å². The van der Waals surface area contributed by atoms with E-state index in [0.29, 0.717) is 0 Å². The minimum absolute atomic E-state index is 0.0148. The second-order valence-corrected chi connectivity index (χ2v) is 6.66. The van der Waals surface area contributed by atoms with E-state index in [1.165, 1.54) is 7.11 Å². The van der Waals surface area contributed by atoms with Gasteiger partial charge in [0.25, 0.3) is 0 Å². The summed E-state index contributed by atoms with van der Waals surface area (Å²) in [6.45, 7) is -0.955. The van der Waals surface area contributed by atoms with Crippen LogP contribution >= 0.6 is 0 Å². The van der Waals surface area contributed by atoms with Gasteiger partial charge in [-0.15, -0.1) is 0 Å². The number of rotatable bonds is 5. The minimum atomic E-state index is -1.40. The number of hydrogen-bond acceptors (Lipinski definition) is 11. The third kappa shape index (κ3) is 4.69. The van der Waals surface area contributed by atoms with Crippen molar-refractivity contribution in [3.63, 3.8) is 0 Å². The molecule has 154 valence electrons. The number of aliphatic hydroxyl groups excluding tert-OH is 5. The molecule has 10 unspecified atom stereocenters. The van der Waals surface area contributed by atoms with Crippen molar-refractivity contribution in [2.45, 2.75) is 67.5 Å². The molecule has 11 heteroatoms. The van der Waals surface area contributed by atoms with E-state index in [2.05, 4.69) is 0 Å². The topological polar surface area (TPSA) is 190 Å². The molecule has 2 heterocycles. The third-order valence-corrected chi connectivity index (χ3v) is 4.93. The first kappa shape index (κ1) is 21.9. The fourth-order valence-electron chi connectivity index (χ4n) is 3.21. The molecular formula is C15H30N2O9. The first-order chi connectivity index (χ1) is 12.3. The Balaban J connectivity index is 2.16. The van der Waals surface area contributed by atoms with Crippen LogP contribution in [0.5, 0.6) is 0 Å². The lowest BCUT2D eigenvalue weighted by Crippen LogP contribution is -2.54. The second-order valence-electron chi connectivity index (χ2n) is 6.66. The molecule has 0 radical (unpaired) electrons. The number of hydrogen-bond donors (Lipinski definition) is 7. The summed E-state index contributed by atoms with van der Waals surface area (Å²) < 4.78 is 22.0. The maximum atomic E-state index is 10.6. The van der Waals surface area contributed by atoms with E-state index >= 15 is 0 Å². The molecule has 2 rings (SSSR count). The van der Waals surface area contributed by atoms with Crippen LogP contribution in [0.4, 0.5) is 0 Å². The normalized spacial score (nSPS) is 48.0. The summed E-state index contributed by atoms with van der Waals surface area (Å²) in [5.41, 5.74) is 11.8. The molecule has 0 aliphatic carbocycles. The largest absolute Gasteiger partial charge is 0.394 e. The fourth-order valence-corrected chi connectivity index (χ4v) is 3.21. The summed E-state index contributed by atoms with van der Waals surface area (Å²) in [4.78, 5) is 0. The zero-order valence-corrected chi connectivity index (χ0v) is 14.6. The number of aliphatic hydroxyl groups is 5. The van der Waals surface area contributed by atoms with Gasteiger partial charge in [-0.2, -0.15) is 0 Å². The Morgan fingerprint density at radius 1 is 1.00 bits per heavy atom. The van der Waals surface area contributed by atoms with Gasteiger partial charge in [-0.1, -0.05) is 0 Å². The molecule has 26 heavy (non-hydrogen) atoms. The van der Waals surface area contributed by atoms with Crippen LogP contribution in [0.15, 0.2) is 0 Å². The number of ether oxygens (including phenoxy) is 4. The van der Waals surface area contributed by atoms with Gasteiger partial charge < -0.3 is 55.9 Å². The van der Waals surface area contributed by atoms with Gasteiger partial charge >= 0.3 is 0 Å². The lowest BCUT2D eigenvalue weighted by molar-refractivity contribution is -0.247. The van der Waals surface area contributed by atoms with Crippen molar-refractivity contribution < 1.29 is 44.5 Å². The summed E-state index contributed by atoms with van der Waals surface area (Å²) in [6, 6.07) is -1.73. The van der Waals surface area contributed by atoms with Crippen molar-refractivity contribution >= 4 is 0 Å².